The van der Waals surface area contributed by atoms with Crippen LogP contribution in [0.5, 0.6) is 5.75 Å². The van der Waals surface area contributed by atoms with Gasteiger partial charge in [0, 0.05) is 11.8 Å². The maximum absolute atomic E-state index is 12.2. The minimum absolute atomic E-state index is 0.413. The van der Waals surface area contributed by atoms with Gasteiger partial charge in [-0.25, -0.2) is 4.79 Å². The average Bonchev–Trinajstić information content (AvgIpc) is 2.85. The van der Waals surface area contributed by atoms with Crippen LogP contribution >= 0.6 is 0 Å². The molecule has 0 radical (unpaired) electrons. The van der Waals surface area contributed by atoms with Crippen molar-refractivity contribution >= 4 is 5.97 Å². The minimum atomic E-state index is -1.12. The van der Waals surface area contributed by atoms with Crippen molar-refractivity contribution in [2.24, 2.45) is 5.41 Å². The molecule has 0 amide bonds. The largest absolute Gasteiger partial charge is 0.425 e. The summed E-state index contributed by atoms with van der Waals surface area (Å²) in [6, 6.07) is 13.5. The Morgan fingerprint density at radius 3 is 2.03 bits per heavy atom. The van der Waals surface area contributed by atoms with Crippen molar-refractivity contribution in [1.82, 2.24) is 4.98 Å². The van der Waals surface area contributed by atoms with Gasteiger partial charge >= 0.3 is 5.97 Å². The van der Waals surface area contributed by atoms with Crippen molar-refractivity contribution in [3.63, 3.8) is 0 Å². The van der Waals surface area contributed by atoms with Crippen LogP contribution in [0.3, 0.4) is 0 Å². The molecule has 0 spiro atoms. The van der Waals surface area contributed by atoms with E-state index in [-0.39, 0.29) is 0 Å². The van der Waals surface area contributed by atoms with E-state index in [1.54, 1.807) is 26.0 Å². The maximum Gasteiger partial charge on any atom is 0.331 e. The molecule has 33 heavy (non-hydrogen) atoms. The molecule has 1 atom stereocenters. The molecule has 4 heteroatoms. The Labute approximate surface area is 200 Å². The molecule has 1 aromatic carbocycles. The Balaban J connectivity index is 1.73. The van der Waals surface area contributed by atoms with Crippen molar-refractivity contribution in [2.75, 3.05) is 0 Å². The fourth-order valence-electron chi connectivity index (χ4n) is 3.74. The lowest BCUT2D eigenvalue weighted by Gasteiger charge is -2.17. The number of benzene rings is 1. The smallest absolute Gasteiger partial charge is 0.331 e. The van der Waals surface area contributed by atoms with Gasteiger partial charge in [-0.3, -0.25) is 4.98 Å². The van der Waals surface area contributed by atoms with Gasteiger partial charge in [0.15, 0.2) is 5.41 Å². The number of aromatic nitrogens is 1. The lowest BCUT2D eigenvalue weighted by Crippen LogP contribution is -2.29. The molecule has 2 aromatic rings. The van der Waals surface area contributed by atoms with E-state index in [4.69, 9.17) is 4.74 Å². The number of carbonyl (C=O) groups is 1. The van der Waals surface area contributed by atoms with Crippen LogP contribution in [-0.2, 0) is 11.2 Å². The SMILES string of the molecule is CCCCCCCCCCCCc1ccc(-c2ccc(OC(=O)C(C)(C#N)CC)cc2)nc1. The van der Waals surface area contributed by atoms with Crippen LogP contribution in [-0.4, -0.2) is 11.0 Å². The number of nitriles is 1. The normalized spacial score (nSPS) is 12.7. The number of carbonyl (C=O) groups excluding carboxylic acids is 1. The molecular formula is C29H40N2O2. The van der Waals surface area contributed by atoms with Crippen LogP contribution in [0.25, 0.3) is 11.3 Å². The van der Waals surface area contributed by atoms with Crippen molar-refractivity contribution in [2.45, 2.75) is 97.8 Å². The summed E-state index contributed by atoms with van der Waals surface area (Å²) in [6.45, 7) is 5.67. The highest BCUT2D eigenvalue weighted by atomic mass is 16.5. The summed E-state index contributed by atoms with van der Waals surface area (Å²) in [5.41, 5.74) is 2.03. The monoisotopic (exact) mass is 448 g/mol. The number of aryl methyl sites for hydroxylation is 1. The Morgan fingerprint density at radius 1 is 0.909 bits per heavy atom. The molecule has 4 nitrogen and oxygen atoms in total. The Bertz CT molecular complexity index is 868. The minimum Gasteiger partial charge on any atom is -0.425 e. The summed E-state index contributed by atoms with van der Waals surface area (Å²) >= 11 is 0. The van der Waals surface area contributed by atoms with Gasteiger partial charge in [0.1, 0.15) is 5.75 Å². The third-order valence-corrected chi connectivity index (χ3v) is 6.41. The highest BCUT2D eigenvalue weighted by molar-refractivity contribution is 5.81. The number of nitrogens with zero attached hydrogens (tertiary/aromatic N) is 2. The Kier molecular flexibility index (Phi) is 11.7. The fraction of sp³-hybridized carbons (Fsp3) is 0.552. The lowest BCUT2D eigenvalue weighted by molar-refractivity contribution is -0.141. The molecule has 0 bridgehead atoms. The molecule has 0 saturated heterocycles. The Hall–Kier alpha value is -2.67. The number of unbranched alkanes of at least 4 members (excludes halogenated alkanes) is 9. The first kappa shape index (κ1) is 26.6. The zero-order valence-corrected chi connectivity index (χ0v) is 20.7. The number of esters is 1. The zero-order valence-electron chi connectivity index (χ0n) is 20.7. The van der Waals surface area contributed by atoms with Gasteiger partial charge in [0.2, 0.25) is 0 Å². The summed E-state index contributed by atoms with van der Waals surface area (Å²) < 4.78 is 5.39. The van der Waals surface area contributed by atoms with Gasteiger partial charge in [-0.1, -0.05) is 77.7 Å². The third kappa shape index (κ3) is 9.00. The van der Waals surface area contributed by atoms with E-state index in [1.807, 2.05) is 24.4 Å². The number of ether oxygens (including phenoxy) is 1. The first-order valence-corrected chi connectivity index (χ1v) is 12.7. The van der Waals surface area contributed by atoms with Crippen LogP contribution in [0.4, 0.5) is 0 Å². The van der Waals surface area contributed by atoms with Gasteiger partial charge in [-0.2, -0.15) is 5.26 Å². The van der Waals surface area contributed by atoms with Gasteiger partial charge < -0.3 is 4.74 Å². The van der Waals surface area contributed by atoms with E-state index < -0.39 is 11.4 Å². The van der Waals surface area contributed by atoms with Gasteiger partial charge in [-0.05, 0) is 62.1 Å². The zero-order chi connectivity index (χ0) is 23.9. The van der Waals surface area contributed by atoms with Crippen molar-refractivity contribution in [3.05, 3.63) is 48.2 Å². The Morgan fingerprint density at radius 2 is 1.52 bits per heavy atom. The topological polar surface area (TPSA) is 63.0 Å². The first-order valence-electron chi connectivity index (χ1n) is 12.7. The lowest BCUT2D eigenvalue weighted by atomic mass is 9.90. The quantitative estimate of drug-likeness (QED) is 0.157. The van der Waals surface area contributed by atoms with Crippen LogP contribution in [0, 0.1) is 16.7 Å². The van der Waals surface area contributed by atoms with Crippen LogP contribution in [0.2, 0.25) is 0 Å². The van der Waals surface area contributed by atoms with E-state index in [0.717, 1.165) is 17.7 Å². The van der Waals surface area contributed by atoms with E-state index >= 15 is 0 Å². The average molecular weight is 449 g/mol. The molecule has 0 aliphatic carbocycles. The fourth-order valence-corrected chi connectivity index (χ4v) is 3.74. The second-order valence-electron chi connectivity index (χ2n) is 9.20. The van der Waals surface area contributed by atoms with Gasteiger partial charge in [-0.15, -0.1) is 0 Å². The highest BCUT2D eigenvalue weighted by Gasteiger charge is 2.33. The van der Waals surface area contributed by atoms with Crippen LogP contribution in [0.15, 0.2) is 42.6 Å². The molecule has 0 N–H and O–H groups in total. The van der Waals surface area contributed by atoms with E-state index in [9.17, 15) is 10.1 Å². The van der Waals surface area contributed by atoms with E-state index in [2.05, 4.69) is 24.0 Å². The molecule has 0 aliphatic rings. The van der Waals surface area contributed by atoms with Crippen molar-refractivity contribution in [3.8, 4) is 23.1 Å². The van der Waals surface area contributed by atoms with E-state index in [1.165, 1.54) is 69.8 Å². The summed E-state index contributed by atoms with van der Waals surface area (Å²) in [7, 11) is 0. The summed E-state index contributed by atoms with van der Waals surface area (Å²) in [4.78, 5) is 16.9. The second kappa shape index (κ2) is 14.5. The van der Waals surface area contributed by atoms with Crippen LogP contribution < -0.4 is 4.74 Å². The first-order chi connectivity index (χ1) is 16.0. The maximum atomic E-state index is 12.2. The van der Waals surface area contributed by atoms with Crippen molar-refractivity contribution in [1.29, 1.82) is 5.26 Å². The summed E-state index contributed by atoms with van der Waals surface area (Å²) in [5, 5.41) is 9.23. The molecule has 178 valence electrons. The number of rotatable bonds is 15. The number of hydrogen-bond acceptors (Lipinski definition) is 4. The number of hydrogen-bond donors (Lipinski definition) is 0. The van der Waals surface area contributed by atoms with Crippen LogP contribution in [0.1, 0.15) is 97.0 Å². The molecule has 1 aromatic heterocycles. The second-order valence-corrected chi connectivity index (χ2v) is 9.20. The molecule has 2 rings (SSSR count). The molecule has 1 unspecified atom stereocenters. The number of pyridine rings is 1. The summed E-state index contributed by atoms with van der Waals surface area (Å²) in [6.07, 6.45) is 17.0. The molecule has 1 heterocycles. The van der Waals surface area contributed by atoms with Crippen molar-refractivity contribution < 1.29 is 9.53 Å². The molecular weight excluding hydrogens is 408 g/mol. The van der Waals surface area contributed by atoms with Gasteiger partial charge in [0.05, 0.1) is 11.8 Å². The molecule has 0 saturated carbocycles. The predicted octanol–water partition coefficient (Wildman–Crippen LogP) is 8.06. The predicted molar refractivity (Wildman–Crippen MR) is 135 cm³/mol. The summed E-state index contributed by atoms with van der Waals surface area (Å²) in [5.74, 6) is -0.0778. The third-order valence-electron chi connectivity index (χ3n) is 6.41. The highest BCUT2D eigenvalue weighted by Crippen LogP contribution is 2.26. The van der Waals surface area contributed by atoms with Gasteiger partial charge in [0.25, 0.3) is 0 Å². The molecule has 0 aliphatic heterocycles. The molecule has 0 fully saturated rings. The van der Waals surface area contributed by atoms with E-state index in [0.29, 0.717) is 12.2 Å². The standard InChI is InChI=1S/C29H40N2O2/c1-4-6-7-8-9-10-11-12-13-14-15-24-16-21-27(31-22-24)25-17-19-26(20-18-25)33-28(32)29(3,5-2)23-30/h16-22H,4-15H2,1-3H3.